The van der Waals surface area contributed by atoms with E-state index in [1.54, 1.807) is 6.07 Å². The van der Waals surface area contributed by atoms with Crippen molar-refractivity contribution in [3.63, 3.8) is 0 Å². The first-order valence-electron chi connectivity index (χ1n) is 4.20. The molecule has 0 saturated heterocycles. The number of benzene rings is 1. The van der Waals surface area contributed by atoms with Gasteiger partial charge in [0, 0.05) is 10.1 Å². The number of carbonyl (C=O) groups excluding carboxylic acids is 1. The summed E-state index contributed by atoms with van der Waals surface area (Å²) in [6, 6.07) is 5.96. The summed E-state index contributed by atoms with van der Waals surface area (Å²) in [5, 5.41) is -1.06. The summed E-state index contributed by atoms with van der Waals surface area (Å²) in [5.74, 6) is 0. The second-order valence-electron chi connectivity index (χ2n) is 3.07. The van der Waals surface area contributed by atoms with Gasteiger partial charge in [0.2, 0.25) is 0 Å². The van der Waals surface area contributed by atoms with Crippen LogP contribution < -0.4 is 0 Å². The lowest BCUT2D eigenvalue weighted by Gasteiger charge is -2.06. The van der Waals surface area contributed by atoms with Crippen LogP contribution in [0.1, 0.15) is 15.2 Å². The van der Waals surface area contributed by atoms with Crippen LogP contribution in [0.3, 0.4) is 0 Å². The molecule has 0 radical (unpaired) electrons. The van der Waals surface area contributed by atoms with Crippen LogP contribution in [0.15, 0.2) is 24.3 Å². The molecule has 1 heterocycles. The van der Waals surface area contributed by atoms with Crippen molar-refractivity contribution in [3.05, 3.63) is 34.7 Å². The molecule has 0 N–H and O–H groups in total. The maximum Gasteiger partial charge on any atom is 0.418 e. The summed E-state index contributed by atoms with van der Waals surface area (Å²) in [5.41, 5.74) is -0.937. The number of thiophene rings is 1. The summed E-state index contributed by atoms with van der Waals surface area (Å²) in [6.45, 7) is 0. The van der Waals surface area contributed by atoms with Crippen molar-refractivity contribution in [1.29, 1.82) is 0 Å². The van der Waals surface area contributed by atoms with Crippen LogP contribution in [0, 0.1) is 0 Å². The standard InChI is InChI=1S/C10H4ClF3OS/c11-9(15)8-7(10(12,13)14)5-3-1-2-4-6(5)16-8/h1-4H. The van der Waals surface area contributed by atoms with Crippen LogP contribution in [0.2, 0.25) is 0 Å². The Labute approximate surface area is 97.4 Å². The molecule has 84 valence electrons. The van der Waals surface area contributed by atoms with Crippen molar-refractivity contribution >= 4 is 38.3 Å². The number of halogens is 4. The van der Waals surface area contributed by atoms with Gasteiger partial charge < -0.3 is 0 Å². The van der Waals surface area contributed by atoms with Crippen molar-refractivity contribution in [1.82, 2.24) is 0 Å². The van der Waals surface area contributed by atoms with E-state index in [0.717, 1.165) is 11.3 Å². The first-order chi connectivity index (χ1) is 7.41. The van der Waals surface area contributed by atoms with Gasteiger partial charge in [0.15, 0.2) is 0 Å². The van der Waals surface area contributed by atoms with Crippen molar-refractivity contribution in [2.75, 3.05) is 0 Å². The van der Waals surface area contributed by atoms with E-state index in [-0.39, 0.29) is 5.39 Å². The monoisotopic (exact) mass is 264 g/mol. The zero-order valence-electron chi connectivity index (χ0n) is 7.64. The van der Waals surface area contributed by atoms with Gasteiger partial charge in [0.1, 0.15) is 0 Å². The number of alkyl halides is 3. The number of rotatable bonds is 1. The highest BCUT2D eigenvalue weighted by Crippen LogP contribution is 2.42. The van der Waals surface area contributed by atoms with Gasteiger partial charge >= 0.3 is 6.18 Å². The average Bonchev–Trinajstić information content (AvgIpc) is 2.55. The molecule has 6 heteroatoms. The van der Waals surface area contributed by atoms with Crippen molar-refractivity contribution in [2.24, 2.45) is 0 Å². The van der Waals surface area contributed by atoms with Gasteiger partial charge in [-0.25, -0.2) is 0 Å². The molecular formula is C10H4ClF3OS. The molecule has 0 aliphatic heterocycles. The van der Waals surface area contributed by atoms with Crippen LogP contribution in [0.25, 0.3) is 10.1 Å². The maximum absolute atomic E-state index is 12.8. The van der Waals surface area contributed by atoms with E-state index in [2.05, 4.69) is 0 Å². The van der Waals surface area contributed by atoms with Crippen LogP contribution >= 0.6 is 22.9 Å². The fraction of sp³-hybridized carbons (Fsp3) is 0.100. The Kier molecular flexibility index (Phi) is 2.67. The van der Waals surface area contributed by atoms with E-state index in [1.165, 1.54) is 18.2 Å². The fourth-order valence-corrected chi connectivity index (χ4v) is 2.73. The molecule has 1 nitrogen and oxygen atoms in total. The molecule has 16 heavy (non-hydrogen) atoms. The quantitative estimate of drug-likeness (QED) is 0.702. The highest BCUT2D eigenvalue weighted by Gasteiger charge is 2.38. The lowest BCUT2D eigenvalue weighted by Crippen LogP contribution is -2.08. The molecule has 0 fully saturated rings. The Bertz CT molecular complexity index is 559. The zero-order chi connectivity index (χ0) is 11.9. The smallest absolute Gasteiger partial charge is 0.275 e. The molecular weight excluding hydrogens is 261 g/mol. The summed E-state index contributed by atoms with van der Waals surface area (Å²) in [6.07, 6.45) is -4.57. The minimum atomic E-state index is -4.57. The highest BCUT2D eigenvalue weighted by molar-refractivity contribution is 7.22. The summed E-state index contributed by atoms with van der Waals surface area (Å²) in [7, 11) is 0. The first-order valence-corrected chi connectivity index (χ1v) is 5.39. The van der Waals surface area contributed by atoms with Gasteiger partial charge in [0.25, 0.3) is 5.24 Å². The Morgan fingerprint density at radius 1 is 1.25 bits per heavy atom. The Balaban J connectivity index is 2.85. The van der Waals surface area contributed by atoms with Crippen LogP contribution in [-0.4, -0.2) is 5.24 Å². The average molecular weight is 265 g/mol. The highest BCUT2D eigenvalue weighted by atomic mass is 35.5. The number of hydrogen-bond donors (Lipinski definition) is 0. The zero-order valence-corrected chi connectivity index (χ0v) is 9.21. The Morgan fingerprint density at radius 3 is 2.44 bits per heavy atom. The molecule has 0 aliphatic rings. The molecule has 0 spiro atoms. The number of fused-ring (bicyclic) bond motifs is 1. The predicted molar refractivity (Wildman–Crippen MR) is 57.0 cm³/mol. The summed E-state index contributed by atoms with van der Waals surface area (Å²) in [4.78, 5) is 10.5. The molecule has 0 aliphatic carbocycles. The molecule has 0 amide bonds. The van der Waals surface area contributed by atoms with Gasteiger partial charge in [-0.1, -0.05) is 18.2 Å². The van der Waals surface area contributed by atoms with Gasteiger partial charge in [-0.2, -0.15) is 13.2 Å². The lowest BCUT2D eigenvalue weighted by atomic mass is 10.1. The van der Waals surface area contributed by atoms with E-state index < -0.39 is 21.9 Å². The summed E-state index contributed by atoms with van der Waals surface area (Å²) >= 11 is 5.91. The molecule has 2 rings (SSSR count). The third-order valence-electron chi connectivity index (χ3n) is 2.06. The molecule has 0 saturated carbocycles. The fourth-order valence-electron chi connectivity index (χ4n) is 1.47. The van der Waals surface area contributed by atoms with Crippen LogP contribution in [0.4, 0.5) is 13.2 Å². The Morgan fingerprint density at radius 2 is 1.88 bits per heavy atom. The van der Waals surface area contributed by atoms with Crippen LogP contribution in [0.5, 0.6) is 0 Å². The van der Waals surface area contributed by atoms with Crippen molar-refractivity contribution in [2.45, 2.75) is 6.18 Å². The third kappa shape index (κ3) is 1.81. The number of hydrogen-bond acceptors (Lipinski definition) is 2. The van der Waals surface area contributed by atoms with Gasteiger partial charge in [-0.3, -0.25) is 4.79 Å². The van der Waals surface area contributed by atoms with E-state index >= 15 is 0 Å². The minimum absolute atomic E-state index is 0.0176. The SMILES string of the molecule is O=C(Cl)c1sc2ccccc2c1C(F)(F)F. The maximum atomic E-state index is 12.8. The van der Waals surface area contributed by atoms with E-state index in [9.17, 15) is 18.0 Å². The number of carbonyl (C=O) groups is 1. The van der Waals surface area contributed by atoms with E-state index in [1.807, 2.05) is 0 Å². The predicted octanol–water partition coefficient (Wildman–Crippen LogP) is 4.30. The van der Waals surface area contributed by atoms with Crippen molar-refractivity contribution < 1.29 is 18.0 Å². The second-order valence-corrected chi connectivity index (χ2v) is 4.47. The summed E-state index contributed by atoms with van der Waals surface area (Å²) < 4.78 is 38.7. The van der Waals surface area contributed by atoms with Gasteiger partial charge in [-0.15, -0.1) is 11.3 Å². The van der Waals surface area contributed by atoms with E-state index in [4.69, 9.17) is 11.6 Å². The molecule has 0 unspecified atom stereocenters. The van der Waals surface area contributed by atoms with Crippen molar-refractivity contribution in [3.8, 4) is 0 Å². The second kappa shape index (κ2) is 3.75. The molecule has 0 atom stereocenters. The molecule has 2 aromatic rings. The topological polar surface area (TPSA) is 17.1 Å². The largest absolute Gasteiger partial charge is 0.418 e. The van der Waals surface area contributed by atoms with Gasteiger partial charge in [-0.05, 0) is 17.7 Å². The molecule has 1 aromatic heterocycles. The van der Waals surface area contributed by atoms with Crippen LogP contribution in [-0.2, 0) is 6.18 Å². The molecule has 1 aromatic carbocycles. The lowest BCUT2D eigenvalue weighted by molar-refractivity contribution is -0.136. The first kappa shape index (κ1) is 11.4. The normalized spacial score (nSPS) is 12.0. The van der Waals surface area contributed by atoms with Gasteiger partial charge in [0.05, 0.1) is 10.4 Å². The molecule has 0 bridgehead atoms. The minimum Gasteiger partial charge on any atom is -0.275 e. The van der Waals surface area contributed by atoms with E-state index in [0.29, 0.717) is 4.70 Å². The third-order valence-corrected chi connectivity index (χ3v) is 3.53. The Hall–Kier alpha value is -1.07.